The van der Waals surface area contributed by atoms with Gasteiger partial charge in [0.1, 0.15) is 0 Å². The summed E-state index contributed by atoms with van der Waals surface area (Å²) < 4.78 is 5.37. The van der Waals surface area contributed by atoms with Crippen LogP contribution in [0.2, 0.25) is 0 Å². The average molecular weight is 449 g/mol. The second kappa shape index (κ2) is 8.55. The van der Waals surface area contributed by atoms with Crippen molar-refractivity contribution in [1.29, 1.82) is 0 Å². The Morgan fingerprint density at radius 2 is 1.78 bits per heavy atom. The largest absolute Gasteiger partial charge is 0.350 e. The van der Waals surface area contributed by atoms with Crippen LogP contribution in [0.3, 0.4) is 0 Å². The quantitative estimate of drug-likeness (QED) is 0.434. The van der Waals surface area contributed by atoms with Crippen LogP contribution in [0.4, 0.5) is 5.69 Å². The van der Waals surface area contributed by atoms with Crippen LogP contribution in [-0.2, 0) is 0 Å². The van der Waals surface area contributed by atoms with E-state index in [2.05, 4.69) is 20.8 Å². The normalized spacial score (nSPS) is 11.2. The summed E-state index contributed by atoms with van der Waals surface area (Å²) in [6, 6.07) is 11.0. The molecule has 0 radical (unpaired) electrons. The Hall–Kier alpha value is -3.52. The van der Waals surface area contributed by atoms with Crippen molar-refractivity contribution in [1.82, 2.24) is 15.5 Å². The second-order valence-electron chi connectivity index (χ2n) is 8.03. The minimum atomic E-state index is -0.322. The van der Waals surface area contributed by atoms with Gasteiger partial charge in [0.05, 0.1) is 27.2 Å². The van der Waals surface area contributed by atoms with Crippen LogP contribution in [-0.4, -0.2) is 28.0 Å². The Kier molecular flexibility index (Phi) is 5.80. The van der Waals surface area contributed by atoms with Crippen LogP contribution in [0.25, 0.3) is 21.7 Å². The maximum atomic E-state index is 13.3. The van der Waals surface area contributed by atoms with E-state index in [4.69, 9.17) is 4.52 Å². The van der Waals surface area contributed by atoms with Crippen LogP contribution in [0, 0.1) is 20.8 Å². The fraction of sp³-hybridized carbons (Fsp3) is 0.250. The summed E-state index contributed by atoms with van der Waals surface area (Å²) in [4.78, 5) is 32.5. The van der Waals surface area contributed by atoms with E-state index in [-0.39, 0.29) is 17.9 Å². The Balaban J connectivity index is 1.71. The first-order valence-corrected chi connectivity index (χ1v) is 11.1. The molecular formula is C24H24N4O3S. The third kappa shape index (κ3) is 4.27. The number of nitrogens with one attached hydrogen (secondary N) is 2. The fourth-order valence-electron chi connectivity index (χ4n) is 3.45. The Morgan fingerprint density at radius 3 is 2.47 bits per heavy atom. The van der Waals surface area contributed by atoms with Crippen molar-refractivity contribution < 1.29 is 14.1 Å². The monoisotopic (exact) mass is 448 g/mol. The smallest absolute Gasteiger partial charge is 0.259 e. The molecule has 0 unspecified atom stereocenters. The van der Waals surface area contributed by atoms with Gasteiger partial charge in [-0.1, -0.05) is 11.2 Å². The van der Waals surface area contributed by atoms with E-state index >= 15 is 0 Å². The number of anilines is 1. The Labute approximate surface area is 189 Å². The van der Waals surface area contributed by atoms with Gasteiger partial charge in [-0.05, 0) is 70.5 Å². The summed E-state index contributed by atoms with van der Waals surface area (Å²) in [7, 11) is 0. The third-order valence-corrected chi connectivity index (χ3v) is 6.04. The molecule has 0 atom stereocenters. The lowest BCUT2D eigenvalue weighted by atomic mass is 10.1. The summed E-state index contributed by atoms with van der Waals surface area (Å²) in [6.07, 6.45) is 0. The molecule has 0 aliphatic carbocycles. The summed E-state index contributed by atoms with van der Waals surface area (Å²) in [5, 5.41) is 10.4. The maximum absolute atomic E-state index is 13.3. The molecule has 8 heteroatoms. The molecule has 1 aromatic carbocycles. The van der Waals surface area contributed by atoms with E-state index in [0.717, 1.165) is 15.3 Å². The standard InChI is InChI=1S/C24H24N4O3S/c1-12(2)25-22(29)17-10-16(8-6-13(17)3)26-23(30)18-11-19(20-9-7-14(4)32-20)27-24-21(18)15(5)28-31-24/h6-12H,1-5H3,(H,25,29)(H,26,30). The molecule has 4 aromatic rings. The molecule has 2 N–H and O–H groups in total. The molecule has 3 aromatic heterocycles. The van der Waals surface area contributed by atoms with E-state index in [1.165, 1.54) is 0 Å². The van der Waals surface area contributed by atoms with E-state index in [9.17, 15) is 9.59 Å². The van der Waals surface area contributed by atoms with Gasteiger partial charge in [-0.2, -0.15) is 0 Å². The molecule has 32 heavy (non-hydrogen) atoms. The lowest BCUT2D eigenvalue weighted by Crippen LogP contribution is -2.30. The van der Waals surface area contributed by atoms with Crippen molar-refractivity contribution in [2.24, 2.45) is 0 Å². The molecule has 0 saturated heterocycles. The first kappa shape index (κ1) is 21.7. The molecule has 0 spiro atoms. The molecule has 164 valence electrons. The van der Waals surface area contributed by atoms with Crippen LogP contribution in [0.15, 0.2) is 40.9 Å². The van der Waals surface area contributed by atoms with Crippen molar-refractivity contribution >= 4 is 39.9 Å². The van der Waals surface area contributed by atoms with E-state index < -0.39 is 0 Å². The number of rotatable bonds is 5. The number of benzene rings is 1. The highest BCUT2D eigenvalue weighted by molar-refractivity contribution is 7.15. The van der Waals surface area contributed by atoms with Crippen molar-refractivity contribution in [2.45, 2.75) is 40.7 Å². The van der Waals surface area contributed by atoms with Crippen molar-refractivity contribution in [3.8, 4) is 10.6 Å². The molecule has 0 aliphatic rings. The van der Waals surface area contributed by atoms with Gasteiger partial charge in [-0.3, -0.25) is 9.59 Å². The van der Waals surface area contributed by atoms with Crippen LogP contribution < -0.4 is 10.6 Å². The number of aromatic nitrogens is 2. The van der Waals surface area contributed by atoms with Gasteiger partial charge in [-0.25, -0.2) is 4.98 Å². The number of carbonyl (C=O) groups excluding carboxylic acids is 2. The Bertz CT molecular complexity index is 1340. The number of hydrogen-bond donors (Lipinski definition) is 2. The molecule has 3 heterocycles. The van der Waals surface area contributed by atoms with Crippen molar-refractivity contribution in [3.05, 3.63) is 63.7 Å². The van der Waals surface area contributed by atoms with E-state index in [0.29, 0.717) is 39.3 Å². The predicted molar refractivity (Wildman–Crippen MR) is 126 cm³/mol. The van der Waals surface area contributed by atoms with Gasteiger partial charge >= 0.3 is 0 Å². The summed E-state index contributed by atoms with van der Waals surface area (Å²) in [6.45, 7) is 9.47. The minimum absolute atomic E-state index is 0.0149. The number of fused-ring (bicyclic) bond motifs is 1. The average Bonchev–Trinajstić information content (AvgIpc) is 3.34. The van der Waals surface area contributed by atoms with Gasteiger partial charge in [0.2, 0.25) is 0 Å². The first-order valence-electron chi connectivity index (χ1n) is 10.3. The number of aryl methyl sites for hydroxylation is 3. The van der Waals surface area contributed by atoms with Gasteiger partial charge in [0, 0.05) is 22.2 Å². The zero-order valence-corrected chi connectivity index (χ0v) is 19.4. The van der Waals surface area contributed by atoms with Gasteiger partial charge in [-0.15, -0.1) is 11.3 Å². The minimum Gasteiger partial charge on any atom is -0.350 e. The predicted octanol–water partition coefficient (Wildman–Crippen LogP) is 5.27. The van der Waals surface area contributed by atoms with Crippen LogP contribution in [0.5, 0.6) is 0 Å². The first-order chi connectivity index (χ1) is 15.2. The number of pyridine rings is 1. The van der Waals surface area contributed by atoms with Gasteiger partial charge in [0.15, 0.2) is 0 Å². The lowest BCUT2D eigenvalue weighted by Gasteiger charge is -2.13. The lowest BCUT2D eigenvalue weighted by molar-refractivity contribution is 0.0941. The number of nitrogens with zero attached hydrogens (tertiary/aromatic N) is 2. The van der Waals surface area contributed by atoms with E-state index in [1.807, 2.05) is 45.9 Å². The molecule has 2 amide bonds. The third-order valence-electron chi connectivity index (χ3n) is 5.01. The summed E-state index contributed by atoms with van der Waals surface area (Å²) in [5.41, 5.74) is 3.86. The molecule has 7 nitrogen and oxygen atoms in total. The second-order valence-corrected chi connectivity index (χ2v) is 9.31. The molecule has 0 bridgehead atoms. The number of thiophene rings is 1. The number of amides is 2. The molecule has 0 fully saturated rings. The maximum Gasteiger partial charge on any atom is 0.259 e. The highest BCUT2D eigenvalue weighted by atomic mass is 32.1. The molecule has 0 saturated carbocycles. The zero-order valence-electron chi connectivity index (χ0n) is 18.6. The topological polar surface area (TPSA) is 97.1 Å². The number of hydrogen-bond acceptors (Lipinski definition) is 6. The zero-order chi connectivity index (χ0) is 23.0. The summed E-state index contributed by atoms with van der Waals surface area (Å²) >= 11 is 1.59. The van der Waals surface area contributed by atoms with Crippen LogP contribution in [0.1, 0.15) is 50.7 Å². The molecular weight excluding hydrogens is 424 g/mol. The van der Waals surface area contributed by atoms with Gasteiger partial charge < -0.3 is 15.2 Å². The molecule has 4 rings (SSSR count). The van der Waals surface area contributed by atoms with E-state index in [1.54, 1.807) is 36.5 Å². The van der Waals surface area contributed by atoms with Crippen LogP contribution >= 0.6 is 11.3 Å². The molecule has 0 aliphatic heterocycles. The van der Waals surface area contributed by atoms with Crippen molar-refractivity contribution in [3.63, 3.8) is 0 Å². The highest BCUT2D eigenvalue weighted by Crippen LogP contribution is 2.31. The fourth-order valence-corrected chi connectivity index (χ4v) is 4.28. The Morgan fingerprint density at radius 1 is 1.00 bits per heavy atom. The number of carbonyl (C=O) groups is 2. The van der Waals surface area contributed by atoms with Gasteiger partial charge in [0.25, 0.3) is 17.5 Å². The highest BCUT2D eigenvalue weighted by Gasteiger charge is 2.21. The SMILES string of the molecule is Cc1ccc(-c2cc(C(=O)Nc3ccc(C)c(C(=O)NC(C)C)c3)c3c(C)noc3n2)s1. The van der Waals surface area contributed by atoms with Crippen molar-refractivity contribution in [2.75, 3.05) is 5.32 Å². The summed E-state index contributed by atoms with van der Waals surface area (Å²) in [5.74, 6) is -0.498.